The maximum absolute atomic E-state index is 5.24. The number of imidazole rings is 1. The second-order valence-corrected chi connectivity index (χ2v) is 11.0. The van der Waals surface area contributed by atoms with Crippen LogP contribution in [0, 0.1) is 26.7 Å². The van der Waals surface area contributed by atoms with Gasteiger partial charge in [0, 0.05) is 29.6 Å². The molecule has 0 bridgehead atoms. The summed E-state index contributed by atoms with van der Waals surface area (Å²) in [5, 5.41) is 0. The molecule has 2 aliphatic rings. The molecule has 0 fully saturated rings. The zero-order chi connectivity index (χ0) is 24.2. The number of aromatic nitrogens is 3. The van der Waals surface area contributed by atoms with Crippen LogP contribution in [0.1, 0.15) is 74.0 Å². The standard InChI is InChI=1S/C31H37N3/c1-19-13-21(3)17-31(7,24(6)16-19)29-27(26-10-8-9-25(26)18-33-29)30-32-11-12-34(30)28-22(4)14-20(2)15-23(28)5/h11-16,18,24H,8-10,17H2,1-7H3. The number of hydrogen-bond donors (Lipinski definition) is 0. The SMILES string of the molecule is CC1=CC(C)C(C)(c2ncc3c(c2-c2nccn2-c2c(C)cc(C)cc2C)CCC3)CC(C)=C1. The number of hydrogen-bond acceptors (Lipinski definition) is 2. The highest BCUT2D eigenvalue weighted by Crippen LogP contribution is 2.47. The first kappa shape index (κ1) is 22.8. The number of allylic oxidation sites excluding steroid dienone is 4. The average molecular weight is 452 g/mol. The molecule has 0 amide bonds. The molecular weight excluding hydrogens is 414 g/mol. The largest absolute Gasteiger partial charge is 0.299 e. The Balaban J connectivity index is 1.79. The highest BCUT2D eigenvalue weighted by atomic mass is 15.1. The predicted molar refractivity (Wildman–Crippen MR) is 142 cm³/mol. The molecule has 3 nitrogen and oxygen atoms in total. The molecule has 3 heteroatoms. The van der Waals surface area contributed by atoms with Crippen molar-refractivity contribution in [2.75, 3.05) is 0 Å². The molecule has 2 unspecified atom stereocenters. The maximum atomic E-state index is 5.24. The summed E-state index contributed by atoms with van der Waals surface area (Å²) in [6.45, 7) is 15.8. The van der Waals surface area contributed by atoms with Crippen LogP contribution >= 0.6 is 0 Å². The molecule has 3 aromatic rings. The van der Waals surface area contributed by atoms with Gasteiger partial charge in [0.05, 0.1) is 11.4 Å². The van der Waals surface area contributed by atoms with E-state index in [1.54, 1.807) is 0 Å². The van der Waals surface area contributed by atoms with E-state index >= 15 is 0 Å². The van der Waals surface area contributed by atoms with Crippen molar-refractivity contribution < 1.29 is 0 Å². The van der Waals surface area contributed by atoms with Crippen molar-refractivity contribution in [3.8, 4) is 17.1 Å². The predicted octanol–water partition coefficient (Wildman–Crippen LogP) is 7.54. The first-order valence-corrected chi connectivity index (χ1v) is 12.7. The number of fused-ring (bicyclic) bond motifs is 1. The first-order chi connectivity index (χ1) is 16.2. The number of rotatable bonds is 3. The Bertz CT molecular complexity index is 1310. The number of aryl methyl sites for hydroxylation is 4. The zero-order valence-corrected chi connectivity index (χ0v) is 21.8. The molecule has 1 aromatic carbocycles. The van der Waals surface area contributed by atoms with Gasteiger partial charge in [-0.3, -0.25) is 9.55 Å². The average Bonchev–Trinajstić information content (AvgIpc) is 3.39. The fraction of sp³-hybridized carbons (Fsp3) is 0.419. The van der Waals surface area contributed by atoms with Crippen molar-refractivity contribution in [2.45, 2.75) is 79.6 Å². The molecule has 0 aliphatic heterocycles. The van der Waals surface area contributed by atoms with Gasteiger partial charge in [-0.05, 0) is 88.5 Å². The summed E-state index contributed by atoms with van der Waals surface area (Å²) in [5.41, 5.74) is 13.1. The van der Waals surface area contributed by atoms with Crippen molar-refractivity contribution in [2.24, 2.45) is 5.92 Å². The Labute approximate surface area is 204 Å². The van der Waals surface area contributed by atoms with Crippen LogP contribution < -0.4 is 0 Å². The minimum atomic E-state index is -0.0978. The van der Waals surface area contributed by atoms with Gasteiger partial charge in [-0.15, -0.1) is 0 Å². The lowest BCUT2D eigenvalue weighted by Crippen LogP contribution is -2.32. The van der Waals surface area contributed by atoms with E-state index in [1.165, 1.54) is 62.3 Å². The van der Waals surface area contributed by atoms with Crippen LogP contribution in [0.25, 0.3) is 17.1 Å². The van der Waals surface area contributed by atoms with Crippen LogP contribution in [0.3, 0.4) is 0 Å². The summed E-state index contributed by atoms with van der Waals surface area (Å²) in [6, 6.07) is 4.55. The minimum Gasteiger partial charge on any atom is -0.299 e. The molecule has 0 saturated heterocycles. The summed E-state index contributed by atoms with van der Waals surface area (Å²) < 4.78 is 2.32. The molecule has 2 atom stereocenters. The first-order valence-electron chi connectivity index (χ1n) is 12.7. The molecule has 2 heterocycles. The number of nitrogens with zero attached hydrogens (tertiary/aromatic N) is 3. The van der Waals surface area contributed by atoms with Gasteiger partial charge in [0.1, 0.15) is 5.82 Å². The Morgan fingerprint density at radius 3 is 2.47 bits per heavy atom. The zero-order valence-electron chi connectivity index (χ0n) is 21.8. The van der Waals surface area contributed by atoms with Crippen LogP contribution in [0.2, 0.25) is 0 Å². The summed E-state index contributed by atoms with van der Waals surface area (Å²) in [7, 11) is 0. The van der Waals surface area contributed by atoms with Gasteiger partial charge in [0.25, 0.3) is 0 Å². The van der Waals surface area contributed by atoms with E-state index in [-0.39, 0.29) is 5.41 Å². The monoisotopic (exact) mass is 451 g/mol. The normalized spacial score (nSPS) is 22.3. The maximum Gasteiger partial charge on any atom is 0.146 e. The van der Waals surface area contributed by atoms with E-state index in [4.69, 9.17) is 9.97 Å². The molecule has 0 saturated carbocycles. The third kappa shape index (κ3) is 3.66. The highest BCUT2D eigenvalue weighted by molar-refractivity contribution is 5.71. The number of pyridine rings is 1. The van der Waals surface area contributed by atoms with Crippen LogP contribution in [-0.2, 0) is 18.3 Å². The van der Waals surface area contributed by atoms with E-state index in [9.17, 15) is 0 Å². The van der Waals surface area contributed by atoms with Crippen molar-refractivity contribution in [3.63, 3.8) is 0 Å². The Morgan fingerprint density at radius 1 is 1.00 bits per heavy atom. The second-order valence-electron chi connectivity index (χ2n) is 11.0. The lowest BCUT2D eigenvalue weighted by atomic mass is 9.69. The minimum absolute atomic E-state index is 0.0978. The number of benzene rings is 1. The molecule has 0 radical (unpaired) electrons. The third-order valence-electron chi connectivity index (χ3n) is 8.07. The van der Waals surface area contributed by atoms with E-state index < -0.39 is 0 Å². The van der Waals surface area contributed by atoms with Gasteiger partial charge >= 0.3 is 0 Å². The molecular formula is C31H37N3. The van der Waals surface area contributed by atoms with E-state index in [0.29, 0.717) is 5.92 Å². The Hall–Kier alpha value is -2.94. The molecule has 176 valence electrons. The van der Waals surface area contributed by atoms with Gasteiger partial charge in [0.15, 0.2) is 0 Å². The summed E-state index contributed by atoms with van der Waals surface area (Å²) in [5.74, 6) is 1.41. The summed E-state index contributed by atoms with van der Waals surface area (Å²) in [4.78, 5) is 10.2. The van der Waals surface area contributed by atoms with Crippen LogP contribution in [0.4, 0.5) is 0 Å². The highest BCUT2D eigenvalue weighted by Gasteiger charge is 2.39. The second kappa shape index (κ2) is 8.37. The molecule has 2 aromatic heterocycles. The lowest BCUT2D eigenvalue weighted by molar-refractivity contribution is 0.359. The molecule has 0 spiro atoms. The fourth-order valence-electron chi connectivity index (χ4n) is 6.55. The van der Waals surface area contributed by atoms with E-state index in [2.05, 4.69) is 89.7 Å². The smallest absolute Gasteiger partial charge is 0.146 e. The van der Waals surface area contributed by atoms with Gasteiger partial charge in [-0.2, -0.15) is 0 Å². The molecule has 2 aliphatic carbocycles. The van der Waals surface area contributed by atoms with Crippen LogP contribution in [-0.4, -0.2) is 14.5 Å². The van der Waals surface area contributed by atoms with Crippen molar-refractivity contribution in [1.82, 2.24) is 14.5 Å². The summed E-state index contributed by atoms with van der Waals surface area (Å²) >= 11 is 0. The van der Waals surface area contributed by atoms with Crippen LogP contribution in [0.15, 0.2) is 54.0 Å². The summed E-state index contributed by atoms with van der Waals surface area (Å²) in [6.07, 6.45) is 15.4. The van der Waals surface area contributed by atoms with Crippen LogP contribution in [0.5, 0.6) is 0 Å². The lowest BCUT2D eigenvalue weighted by Gasteiger charge is -2.36. The molecule has 34 heavy (non-hydrogen) atoms. The van der Waals surface area contributed by atoms with Crippen molar-refractivity contribution >= 4 is 0 Å². The quantitative estimate of drug-likeness (QED) is 0.412. The van der Waals surface area contributed by atoms with Gasteiger partial charge in [-0.1, -0.05) is 54.8 Å². The van der Waals surface area contributed by atoms with E-state index in [1.807, 2.05) is 6.20 Å². The third-order valence-corrected chi connectivity index (χ3v) is 8.07. The van der Waals surface area contributed by atoms with Gasteiger partial charge in [-0.25, -0.2) is 4.98 Å². The molecule has 0 N–H and O–H groups in total. The van der Waals surface area contributed by atoms with Crippen molar-refractivity contribution in [1.29, 1.82) is 0 Å². The Morgan fingerprint density at radius 2 is 1.74 bits per heavy atom. The fourth-order valence-corrected chi connectivity index (χ4v) is 6.55. The van der Waals surface area contributed by atoms with Gasteiger partial charge in [0.2, 0.25) is 0 Å². The van der Waals surface area contributed by atoms with Gasteiger partial charge < -0.3 is 0 Å². The van der Waals surface area contributed by atoms with E-state index in [0.717, 1.165) is 25.1 Å². The topological polar surface area (TPSA) is 30.7 Å². The Kier molecular flexibility index (Phi) is 5.62. The molecule has 5 rings (SSSR count). The van der Waals surface area contributed by atoms with Crippen molar-refractivity contribution in [3.05, 3.63) is 87.5 Å².